The molecule has 4 amide bonds. The standard InChI is InChI=1S/C30H42N4O6/c1-23(33-29(37)39-21-25-15-9-7-10-16-25)27(35)31-19-13-5-3-4-6-14-20-32-28(36)24(2)34-30(38)40-22-26-17-11-8-12-18-26/h7-12,15-18,23-24H,3-6,13-14,19-22H2,1-2H3,(H,31,35)(H,32,36)(H,33,37)(H,34,38)/t23-,24-/m0/s1. The lowest BCUT2D eigenvalue weighted by molar-refractivity contribution is -0.123. The van der Waals surface area contributed by atoms with Crippen LogP contribution in [0.25, 0.3) is 0 Å². The zero-order valence-electron chi connectivity index (χ0n) is 23.4. The zero-order valence-corrected chi connectivity index (χ0v) is 23.4. The van der Waals surface area contributed by atoms with Crippen molar-refractivity contribution in [3.05, 3.63) is 71.8 Å². The van der Waals surface area contributed by atoms with E-state index in [9.17, 15) is 19.2 Å². The second-order valence-corrected chi connectivity index (χ2v) is 9.56. The summed E-state index contributed by atoms with van der Waals surface area (Å²) in [5.74, 6) is -0.499. The number of hydrogen-bond acceptors (Lipinski definition) is 6. The van der Waals surface area contributed by atoms with Crippen molar-refractivity contribution in [2.45, 2.75) is 77.7 Å². The SMILES string of the molecule is C[C@H](NC(=O)OCc1ccccc1)C(=O)NCCCCCCCCNC(=O)[C@H](C)NC(=O)OCc1ccccc1. The molecule has 40 heavy (non-hydrogen) atoms. The van der Waals surface area contributed by atoms with Gasteiger partial charge in [-0.3, -0.25) is 9.59 Å². The lowest BCUT2D eigenvalue weighted by Gasteiger charge is -2.14. The molecule has 0 aliphatic carbocycles. The van der Waals surface area contributed by atoms with Crippen LogP contribution < -0.4 is 21.3 Å². The van der Waals surface area contributed by atoms with Gasteiger partial charge in [0.25, 0.3) is 0 Å². The van der Waals surface area contributed by atoms with Gasteiger partial charge in [0.05, 0.1) is 0 Å². The minimum atomic E-state index is -0.684. The van der Waals surface area contributed by atoms with E-state index in [1.54, 1.807) is 13.8 Å². The van der Waals surface area contributed by atoms with E-state index in [1.807, 2.05) is 60.7 Å². The summed E-state index contributed by atoms with van der Waals surface area (Å²) in [4.78, 5) is 48.1. The summed E-state index contributed by atoms with van der Waals surface area (Å²) in [5.41, 5.74) is 1.75. The topological polar surface area (TPSA) is 135 Å². The number of unbranched alkanes of at least 4 members (excludes halogenated alkanes) is 5. The predicted octanol–water partition coefficient (Wildman–Crippen LogP) is 4.19. The number of amides is 4. The van der Waals surface area contributed by atoms with Crippen molar-refractivity contribution in [3.63, 3.8) is 0 Å². The minimum absolute atomic E-state index is 0.149. The van der Waals surface area contributed by atoms with Crippen LogP contribution in [0.5, 0.6) is 0 Å². The molecule has 10 nitrogen and oxygen atoms in total. The second kappa shape index (κ2) is 19.1. The van der Waals surface area contributed by atoms with Gasteiger partial charge in [-0.05, 0) is 37.8 Å². The molecule has 4 N–H and O–H groups in total. The van der Waals surface area contributed by atoms with Gasteiger partial charge in [0.15, 0.2) is 0 Å². The van der Waals surface area contributed by atoms with E-state index in [4.69, 9.17) is 9.47 Å². The summed E-state index contributed by atoms with van der Waals surface area (Å²) in [5, 5.41) is 10.7. The van der Waals surface area contributed by atoms with E-state index in [0.29, 0.717) is 13.1 Å². The first-order chi connectivity index (χ1) is 19.3. The van der Waals surface area contributed by atoms with Gasteiger partial charge in [-0.15, -0.1) is 0 Å². The maximum atomic E-state index is 12.2. The molecular weight excluding hydrogens is 512 g/mol. The average Bonchev–Trinajstić information content (AvgIpc) is 2.96. The molecule has 0 radical (unpaired) electrons. The molecule has 2 atom stereocenters. The third-order valence-corrected chi connectivity index (χ3v) is 6.08. The highest BCUT2D eigenvalue weighted by atomic mass is 16.6. The van der Waals surface area contributed by atoms with Crippen LogP contribution >= 0.6 is 0 Å². The molecule has 10 heteroatoms. The number of hydrogen-bond donors (Lipinski definition) is 4. The molecule has 0 saturated carbocycles. The molecule has 2 aromatic rings. The highest BCUT2D eigenvalue weighted by Gasteiger charge is 2.17. The Morgan fingerprint density at radius 2 is 0.925 bits per heavy atom. The van der Waals surface area contributed by atoms with Gasteiger partial charge in [-0.25, -0.2) is 9.59 Å². The molecule has 0 aromatic heterocycles. The van der Waals surface area contributed by atoms with Crippen molar-refractivity contribution >= 4 is 24.0 Å². The molecule has 0 heterocycles. The van der Waals surface area contributed by atoms with Crippen molar-refractivity contribution in [2.24, 2.45) is 0 Å². The molecule has 218 valence electrons. The Hall–Kier alpha value is -4.08. The monoisotopic (exact) mass is 554 g/mol. The number of benzene rings is 2. The highest BCUT2D eigenvalue weighted by molar-refractivity contribution is 5.85. The maximum Gasteiger partial charge on any atom is 0.408 e. The molecule has 2 rings (SSSR count). The number of alkyl carbamates (subject to hydrolysis) is 2. The first-order valence-electron chi connectivity index (χ1n) is 13.8. The van der Waals surface area contributed by atoms with Crippen LogP contribution in [0.3, 0.4) is 0 Å². The van der Waals surface area contributed by atoms with Crippen LogP contribution in [0, 0.1) is 0 Å². The van der Waals surface area contributed by atoms with E-state index >= 15 is 0 Å². The molecule has 2 aromatic carbocycles. The molecule has 0 aliphatic heterocycles. The molecule has 0 spiro atoms. The fourth-order valence-corrected chi connectivity index (χ4v) is 3.70. The van der Waals surface area contributed by atoms with Gasteiger partial charge in [-0.2, -0.15) is 0 Å². The lowest BCUT2D eigenvalue weighted by atomic mass is 10.1. The summed E-state index contributed by atoms with van der Waals surface area (Å²) in [7, 11) is 0. The number of rotatable bonds is 17. The van der Waals surface area contributed by atoms with Crippen LogP contribution in [0.4, 0.5) is 9.59 Å². The third kappa shape index (κ3) is 14.2. The van der Waals surface area contributed by atoms with E-state index < -0.39 is 24.3 Å². The Balaban J connectivity index is 1.41. The Labute approximate surface area is 236 Å². The maximum absolute atomic E-state index is 12.2. The van der Waals surface area contributed by atoms with Crippen molar-refractivity contribution in [2.75, 3.05) is 13.1 Å². The Morgan fingerprint density at radius 1 is 0.575 bits per heavy atom. The van der Waals surface area contributed by atoms with Crippen LogP contribution in [0.2, 0.25) is 0 Å². The van der Waals surface area contributed by atoms with Gasteiger partial charge >= 0.3 is 12.2 Å². The fraction of sp³-hybridized carbons (Fsp3) is 0.467. The molecule has 0 unspecified atom stereocenters. The third-order valence-electron chi connectivity index (χ3n) is 6.08. The van der Waals surface area contributed by atoms with Gasteiger partial charge in [0.1, 0.15) is 25.3 Å². The summed E-state index contributed by atoms with van der Waals surface area (Å²) < 4.78 is 10.3. The van der Waals surface area contributed by atoms with Gasteiger partial charge in [0.2, 0.25) is 11.8 Å². The number of carbonyl (C=O) groups is 4. The van der Waals surface area contributed by atoms with E-state index in [1.165, 1.54) is 0 Å². The van der Waals surface area contributed by atoms with Gasteiger partial charge < -0.3 is 30.7 Å². The molecule has 0 saturated heterocycles. The zero-order chi connectivity index (χ0) is 29.0. The van der Waals surface area contributed by atoms with Crippen molar-refractivity contribution in [1.82, 2.24) is 21.3 Å². The Morgan fingerprint density at radius 3 is 1.30 bits per heavy atom. The molecule has 0 aliphatic rings. The second-order valence-electron chi connectivity index (χ2n) is 9.56. The smallest absolute Gasteiger partial charge is 0.408 e. The highest BCUT2D eigenvalue weighted by Crippen LogP contribution is 2.05. The Bertz CT molecular complexity index is 952. The van der Waals surface area contributed by atoms with E-state index in [0.717, 1.165) is 49.7 Å². The number of nitrogens with one attached hydrogen (secondary N) is 4. The first-order valence-corrected chi connectivity index (χ1v) is 13.8. The molecular formula is C30H42N4O6. The number of carbonyl (C=O) groups excluding carboxylic acids is 4. The summed E-state index contributed by atoms with van der Waals surface area (Å²) in [6.45, 7) is 4.61. The largest absolute Gasteiger partial charge is 0.445 e. The van der Waals surface area contributed by atoms with Crippen LogP contribution in [-0.2, 0) is 32.3 Å². The van der Waals surface area contributed by atoms with Gasteiger partial charge in [0, 0.05) is 13.1 Å². The van der Waals surface area contributed by atoms with Crippen LogP contribution in [-0.4, -0.2) is 49.2 Å². The van der Waals surface area contributed by atoms with E-state index in [2.05, 4.69) is 21.3 Å². The predicted molar refractivity (Wildman–Crippen MR) is 152 cm³/mol. The summed E-state index contributed by atoms with van der Waals surface area (Å²) in [6, 6.07) is 17.3. The van der Waals surface area contributed by atoms with Crippen LogP contribution in [0.15, 0.2) is 60.7 Å². The van der Waals surface area contributed by atoms with E-state index in [-0.39, 0.29) is 25.0 Å². The van der Waals surface area contributed by atoms with Crippen molar-refractivity contribution in [1.29, 1.82) is 0 Å². The Kier molecular flexibility index (Phi) is 15.3. The quantitative estimate of drug-likeness (QED) is 0.217. The van der Waals surface area contributed by atoms with Crippen LogP contribution in [0.1, 0.15) is 63.5 Å². The normalized spacial score (nSPS) is 11.9. The molecule has 0 bridgehead atoms. The summed E-state index contributed by atoms with van der Waals surface area (Å²) in [6.07, 6.45) is 4.42. The van der Waals surface area contributed by atoms with Crippen molar-refractivity contribution in [3.8, 4) is 0 Å². The first kappa shape index (κ1) is 32.1. The average molecular weight is 555 g/mol. The minimum Gasteiger partial charge on any atom is -0.445 e. The summed E-state index contributed by atoms with van der Waals surface area (Å²) >= 11 is 0. The van der Waals surface area contributed by atoms with Crippen molar-refractivity contribution < 1.29 is 28.7 Å². The fourth-order valence-electron chi connectivity index (χ4n) is 3.70. The number of ether oxygens (including phenoxy) is 2. The molecule has 0 fully saturated rings. The lowest BCUT2D eigenvalue weighted by Crippen LogP contribution is -2.45. The van der Waals surface area contributed by atoms with Gasteiger partial charge in [-0.1, -0.05) is 86.3 Å².